The lowest BCUT2D eigenvalue weighted by Gasteiger charge is -2.24. The number of hydrogen-bond donors (Lipinski definition) is 2. The first kappa shape index (κ1) is 16.9. The number of aliphatic hydroxyl groups excluding tert-OH is 1. The van der Waals surface area contributed by atoms with Crippen molar-refractivity contribution in [3.63, 3.8) is 0 Å². The number of nitrogens with one attached hydrogen (secondary N) is 1. The molecule has 0 amide bonds. The van der Waals surface area contributed by atoms with Gasteiger partial charge in [0.1, 0.15) is 10.7 Å². The van der Waals surface area contributed by atoms with Crippen LogP contribution in [-0.4, -0.2) is 50.1 Å². The van der Waals surface area contributed by atoms with Gasteiger partial charge in [-0.1, -0.05) is 13.8 Å². The summed E-state index contributed by atoms with van der Waals surface area (Å²) in [5.74, 6) is 0.619. The summed E-state index contributed by atoms with van der Waals surface area (Å²) in [6.07, 6.45) is 2.03. The molecule has 6 nitrogen and oxygen atoms in total. The Balaban J connectivity index is 2.74. The van der Waals surface area contributed by atoms with Crippen LogP contribution in [0.25, 0.3) is 0 Å². The molecule has 1 aromatic rings. The standard InChI is InChI=1S/C13H23N3O3S/c1-13(2,7-8-17)10-15-12-6-5-11(9-14-12)20(18,19)16(3)4/h5-6,9,17H,7-8,10H2,1-4H3,(H,14,15). The zero-order chi connectivity index (χ0) is 15.4. The summed E-state index contributed by atoms with van der Waals surface area (Å²) >= 11 is 0. The van der Waals surface area contributed by atoms with E-state index in [1.165, 1.54) is 26.4 Å². The number of nitrogens with zero attached hydrogens (tertiary/aromatic N) is 2. The van der Waals surface area contributed by atoms with Crippen molar-refractivity contribution in [3.05, 3.63) is 18.3 Å². The van der Waals surface area contributed by atoms with Gasteiger partial charge in [0.05, 0.1) is 0 Å². The molecule has 0 saturated carbocycles. The number of anilines is 1. The molecule has 0 bridgehead atoms. The number of aromatic nitrogens is 1. The summed E-state index contributed by atoms with van der Waals surface area (Å²) < 4.78 is 24.9. The van der Waals surface area contributed by atoms with Gasteiger partial charge >= 0.3 is 0 Å². The Morgan fingerprint density at radius 2 is 2.00 bits per heavy atom. The lowest BCUT2D eigenvalue weighted by atomic mass is 9.90. The second-order valence-electron chi connectivity index (χ2n) is 5.66. The highest BCUT2D eigenvalue weighted by Gasteiger charge is 2.19. The van der Waals surface area contributed by atoms with Crippen LogP contribution >= 0.6 is 0 Å². The largest absolute Gasteiger partial charge is 0.396 e. The van der Waals surface area contributed by atoms with E-state index >= 15 is 0 Å². The maximum absolute atomic E-state index is 11.9. The van der Waals surface area contributed by atoms with Crippen LogP contribution in [0.5, 0.6) is 0 Å². The Labute approximate surface area is 120 Å². The van der Waals surface area contributed by atoms with Gasteiger partial charge in [-0.05, 0) is 24.0 Å². The van der Waals surface area contributed by atoms with Crippen LogP contribution in [0.2, 0.25) is 0 Å². The highest BCUT2D eigenvalue weighted by Crippen LogP contribution is 2.20. The maximum Gasteiger partial charge on any atom is 0.244 e. The van der Waals surface area contributed by atoms with E-state index in [1.54, 1.807) is 6.07 Å². The average Bonchev–Trinajstić information content (AvgIpc) is 2.37. The van der Waals surface area contributed by atoms with Crippen LogP contribution in [0.1, 0.15) is 20.3 Å². The molecule has 0 fully saturated rings. The van der Waals surface area contributed by atoms with Gasteiger partial charge in [-0.15, -0.1) is 0 Å². The molecule has 0 radical (unpaired) electrons. The Morgan fingerprint density at radius 1 is 1.35 bits per heavy atom. The first-order chi connectivity index (χ1) is 9.19. The van der Waals surface area contributed by atoms with Gasteiger partial charge in [0.15, 0.2) is 0 Å². The zero-order valence-electron chi connectivity index (χ0n) is 12.4. The normalized spacial score (nSPS) is 12.7. The van der Waals surface area contributed by atoms with Crippen LogP contribution in [0, 0.1) is 5.41 Å². The van der Waals surface area contributed by atoms with Crippen LogP contribution in [0.15, 0.2) is 23.2 Å². The van der Waals surface area contributed by atoms with E-state index in [9.17, 15) is 8.42 Å². The maximum atomic E-state index is 11.9. The predicted octanol–water partition coefficient (Wildman–Crippen LogP) is 1.15. The van der Waals surface area contributed by atoms with Crippen molar-refractivity contribution in [1.82, 2.24) is 9.29 Å². The highest BCUT2D eigenvalue weighted by atomic mass is 32.2. The molecule has 0 atom stereocenters. The van der Waals surface area contributed by atoms with Crippen LogP contribution in [0.4, 0.5) is 5.82 Å². The molecule has 0 unspecified atom stereocenters. The molecule has 0 spiro atoms. The lowest BCUT2D eigenvalue weighted by molar-refractivity contribution is 0.220. The van der Waals surface area contributed by atoms with E-state index in [0.717, 1.165) is 4.31 Å². The molecule has 1 heterocycles. The molecule has 1 aromatic heterocycles. The fourth-order valence-corrected chi connectivity index (χ4v) is 2.42. The molecule has 114 valence electrons. The molecule has 7 heteroatoms. The number of sulfonamides is 1. The first-order valence-electron chi connectivity index (χ1n) is 6.42. The lowest BCUT2D eigenvalue weighted by Crippen LogP contribution is -2.25. The van der Waals surface area contributed by atoms with Crippen molar-refractivity contribution in [2.75, 3.05) is 32.6 Å². The smallest absolute Gasteiger partial charge is 0.244 e. The molecule has 0 aliphatic carbocycles. The minimum Gasteiger partial charge on any atom is -0.396 e. The Hall–Kier alpha value is -1.18. The highest BCUT2D eigenvalue weighted by molar-refractivity contribution is 7.89. The van der Waals surface area contributed by atoms with Gasteiger partial charge in [0.25, 0.3) is 0 Å². The van der Waals surface area contributed by atoms with E-state index in [1.807, 2.05) is 13.8 Å². The summed E-state index contributed by atoms with van der Waals surface area (Å²) in [7, 11) is -0.466. The second kappa shape index (κ2) is 6.51. The molecule has 0 aromatic carbocycles. The number of pyridine rings is 1. The van der Waals surface area contributed by atoms with Gasteiger partial charge in [0, 0.05) is 33.4 Å². The van der Waals surface area contributed by atoms with Crippen molar-refractivity contribution < 1.29 is 13.5 Å². The van der Waals surface area contributed by atoms with E-state index in [0.29, 0.717) is 18.8 Å². The van der Waals surface area contributed by atoms with Crippen molar-refractivity contribution in [1.29, 1.82) is 0 Å². The van der Waals surface area contributed by atoms with Crippen molar-refractivity contribution in [2.45, 2.75) is 25.2 Å². The molecule has 0 aliphatic heterocycles. The summed E-state index contributed by atoms with van der Waals surface area (Å²) in [5.41, 5.74) is -0.0508. The van der Waals surface area contributed by atoms with Crippen molar-refractivity contribution >= 4 is 15.8 Å². The first-order valence-corrected chi connectivity index (χ1v) is 7.86. The predicted molar refractivity (Wildman–Crippen MR) is 79.1 cm³/mol. The van der Waals surface area contributed by atoms with Gasteiger partial charge in [-0.25, -0.2) is 17.7 Å². The van der Waals surface area contributed by atoms with E-state index in [4.69, 9.17) is 5.11 Å². The topological polar surface area (TPSA) is 82.5 Å². The monoisotopic (exact) mass is 301 g/mol. The molecular formula is C13H23N3O3S. The van der Waals surface area contributed by atoms with Crippen LogP contribution in [0.3, 0.4) is 0 Å². The summed E-state index contributed by atoms with van der Waals surface area (Å²) in [4.78, 5) is 4.28. The van der Waals surface area contributed by atoms with Gasteiger partial charge in [-0.3, -0.25) is 0 Å². The Morgan fingerprint density at radius 3 is 2.45 bits per heavy atom. The fraction of sp³-hybridized carbons (Fsp3) is 0.615. The Bertz CT molecular complexity index is 524. The van der Waals surface area contributed by atoms with Crippen molar-refractivity contribution in [3.8, 4) is 0 Å². The number of rotatable bonds is 7. The SMILES string of the molecule is CN(C)S(=O)(=O)c1ccc(NCC(C)(C)CCO)nc1. The summed E-state index contributed by atoms with van der Waals surface area (Å²) in [5, 5.41) is 12.1. The quantitative estimate of drug-likeness (QED) is 0.789. The minimum absolute atomic E-state index is 0.0508. The third-order valence-corrected chi connectivity index (χ3v) is 4.85. The molecule has 2 N–H and O–H groups in total. The van der Waals surface area contributed by atoms with Crippen molar-refractivity contribution in [2.24, 2.45) is 5.41 Å². The minimum atomic E-state index is -3.44. The third kappa shape index (κ3) is 4.43. The molecule has 0 aliphatic rings. The number of aliphatic hydroxyl groups is 1. The molecule has 0 saturated heterocycles. The summed E-state index contributed by atoms with van der Waals surface area (Å²) in [6.45, 7) is 4.88. The molecular weight excluding hydrogens is 278 g/mol. The number of hydrogen-bond acceptors (Lipinski definition) is 5. The van der Waals surface area contributed by atoms with E-state index in [2.05, 4.69) is 10.3 Å². The van der Waals surface area contributed by atoms with Crippen LogP contribution < -0.4 is 5.32 Å². The second-order valence-corrected chi connectivity index (χ2v) is 7.81. The van der Waals surface area contributed by atoms with Gasteiger partial charge in [-0.2, -0.15) is 0 Å². The van der Waals surface area contributed by atoms with Gasteiger partial charge in [0.2, 0.25) is 10.0 Å². The third-order valence-electron chi connectivity index (χ3n) is 3.05. The zero-order valence-corrected chi connectivity index (χ0v) is 13.2. The van der Waals surface area contributed by atoms with E-state index < -0.39 is 10.0 Å². The van der Waals surface area contributed by atoms with Crippen LogP contribution in [-0.2, 0) is 10.0 Å². The fourth-order valence-electron chi connectivity index (χ4n) is 1.57. The molecule has 20 heavy (non-hydrogen) atoms. The Kier molecular flexibility index (Phi) is 5.50. The molecule has 1 rings (SSSR count). The average molecular weight is 301 g/mol. The van der Waals surface area contributed by atoms with E-state index in [-0.39, 0.29) is 16.9 Å². The van der Waals surface area contributed by atoms with Gasteiger partial charge < -0.3 is 10.4 Å². The summed E-state index contributed by atoms with van der Waals surface area (Å²) in [6, 6.07) is 3.18.